The largest absolute Gasteiger partial charge is 0.338 e. The van der Waals surface area contributed by atoms with Crippen LogP contribution in [0.1, 0.15) is 35.5 Å². The van der Waals surface area contributed by atoms with Crippen molar-refractivity contribution in [2.24, 2.45) is 0 Å². The number of rotatable bonds is 5. The smallest absolute Gasteiger partial charge is 0.318 e. The molecule has 1 aliphatic rings. The molecule has 3 aromatic rings. The second-order valence-corrected chi connectivity index (χ2v) is 9.58. The molecule has 3 heterocycles. The molecule has 4 rings (SSSR count). The Morgan fingerprint density at radius 1 is 1.19 bits per heavy atom. The van der Waals surface area contributed by atoms with E-state index in [-0.39, 0.29) is 17.9 Å². The number of hydrogen-bond acceptors (Lipinski definition) is 6. The van der Waals surface area contributed by atoms with Crippen LogP contribution in [0.4, 0.5) is 9.93 Å². The number of anilines is 1. The molecule has 31 heavy (non-hydrogen) atoms. The number of benzene rings is 1. The lowest BCUT2D eigenvalue weighted by molar-refractivity contribution is -0.119. The molecule has 0 aliphatic carbocycles. The molecule has 1 aromatic carbocycles. The molecule has 1 fully saturated rings. The maximum atomic E-state index is 13.2. The average Bonchev–Trinajstić information content (AvgIpc) is 3.47. The number of carbonyl (C=O) groups is 2. The molecule has 0 unspecified atom stereocenters. The van der Waals surface area contributed by atoms with Gasteiger partial charge in [-0.25, -0.2) is 14.8 Å². The molecular formula is C22H25N5O2S2. The number of thiazole rings is 2. The van der Waals surface area contributed by atoms with Crippen molar-refractivity contribution in [1.82, 2.24) is 20.2 Å². The van der Waals surface area contributed by atoms with Gasteiger partial charge < -0.3 is 15.5 Å². The maximum Gasteiger partial charge on any atom is 0.318 e. The van der Waals surface area contributed by atoms with Gasteiger partial charge in [-0.3, -0.25) is 4.79 Å². The van der Waals surface area contributed by atoms with E-state index in [1.807, 2.05) is 56.5 Å². The minimum absolute atomic E-state index is 0.120. The zero-order valence-electron chi connectivity index (χ0n) is 17.7. The van der Waals surface area contributed by atoms with Crippen LogP contribution in [-0.4, -0.2) is 45.9 Å². The number of amides is 3. The molecule has 1 saturated heterocycles. The van der Waals surface area contributed by atoms with Gasteiger partial charge in [0.1, 0.15) is 6.04 Å². The number of likely N-dealkylation sites (tertiary alicyclic amines) is 1. The number of hydrogen-bond donors (Lipinski definition) is 2. The van der Waals surface area contributed by atoms with Gasteiger partial charge in [0.25, 0.3) is 0 Å². The molecule has 7 nitrogen and oxygen atoms in total. The highest BCUT2D eigenvalue weighted by Gasteiger charge is 2.40. The fourth-order valence-corrected chi connectivity index (χ4v) is 5.58. The summed E-state index contributed by atoms with van der Waals surface area (Å²) in [7, 11) is 0. The van der Waals surface area contributed by atoms with Gasteiger partial charge in [0.05, 0.1) is 21.3 Å². The van der Waals surface area contributed by atoms with Crippen LogP contribution in [-0.2, 0) is 4.79 Å². The topological polar surface area (TPSA) is 87.2 Å². The van der Waals surface area contributed by atoms with Crippen LogP contribution in [0.3, 0.4) is 0 Å². The number of nitrogens with zero attached hydrogens (tertiary/aromatic N) is 3. The molecule has 2 atom stereocenters. The predicted octanol–water partition coefficient (Wildman–Crippen LogP) is 4.41. The van der Waals surface area contributed by atoms with E-state index in [1.165, 1.54) is 11.3 Å². The lowest BCUT2D eigenvalue weighted by atomic mass is 9.96. The quantitative estimate of drug-likeness (QED) is 0.597. The Morgan fingerprint density at radius 2 is 1.97 bits per heavy atom. The standard InChI is InChI=1S/C22H25N5O2S2/c1-4-23-22(29)27-11-16(15-8-6-5-7-9-15)10-18(27)20(28)26-21-25-17(12-30-21)19-13(2)24-14(3)31-19/h5-9,12,16,18H,4,10-11H2,1-3H3,(H,23,29)(H,25,26,28)/t16-,18+/m1/s1. The summed E-state index contributed by atoms with van der Waals surface area (Å²) in [5.41, 5.74) is 2.90. The van der Waals surface area contributed by atoms with E-state index in [0.29, 0.717) is 24.6 Å². The number of carbonyl (C=O) groups excluding carboxylic acids is 2. The van der Waals surface area contributed by atoms with E-state index < -0.39 is 6.04 Å². The van der Waals surface area contributed by atoms with Gasteiger partial charge in [-0.1, -0.05) is 30.3 Å². The summed E-state index contributed by atoms with van der Waals surface area (Å²) in [5, 5.41) is 9.21. The first-order chi connectivity index (χ1) is 15.0. The molecule has 2 N–H and O–H groups in total. The highest BCUT2D eigenvalue weighted by atomic mass is 32.1. The fraction of sp³-hybridized carbons (Fsp3) is 0.364. The zero-order chi connectivity index (χ0) is 22.0. The van der Waals surface area contributed by atoms with Crippen LogP contribution in [0.2, 0.25) is 0 Å². The second kappa shape index (κ2) is 9.15. The van der Waals surface area contributed by atoms with Crippen LogP contribution in [0.25, 0.3) is 10.6 Å². The molecule has 0 saturated carbocycles. The summed E-state index contributed by atoms with van der Waals surface area (Å²) < 4.78 is 0. The third-order valence-corrected chi connectivity index (χ3v) is 7.19. The maximum absolute atomic E-state index is 13.2. The van der Waals surface area contributed by atoms with Crippen LogP contribution in [0.5, 0.6) is 0 Å². The normalized spacial score (nSPS) is 18.2. The van der Waals surface area contributed by atoms with Crippen molar-refractivity contribution in [3.63, 3.8) is 0 Å². The Balaban J connectivity index is 1.51. The van der Waals surface area contributed by atoms with E-state index >= 15 is 0 Å². The highest BCUT2D eigenvalue weighted by molar-refractivity contribution is 7.16. The first-order valence-electron chi connectivity index (χ1n) is 10.3. The van der Waals surface area contributed by atoms with Crippen LogP contribution in [0.15, 0.2) is 35.7 Å². The Morgan fingerprint density at radius 3 is 2.65 bits per heavy atom. The molecule has 1 aliphatic heterocycles. The van der Waals surface area contributed by atoms with Crippen LogP contribution < -0.4 is 10.6 Å². The fourth-order valence-electron chi connectivity index (χ4n) is 3.92. The molecule has 3 amide bonds. The van der Waals surface area contributed by atoms with Crippen molar-refractivity contribution >= 4 is 39.7 Å². The first-order valence-corrected chi connectivity index (χ1v) is 12.0. The van der Waals surface area contributed by atoms with Crippen molar-refractivity contribution in [3.05, 3.63) is 52.0 Å². The molecule has 162 valence electrons. The van der Waals surface area contributed by atoms with E-state index in [4.69, 9.17) is 0 Å². The SMILES string of the molecule is CCNC(=O)N1C[C@H](c2ccccc2)C[C@H]1C(=O)Nc1nc(-c2sc(C)nc2C)cs1. The van der Waals surface area contributed by atoms with Crippen molar-refractivity contribution in [1.29, 1.82) is 0 Å². The third-order valence-electron chi connectivity index (χ3n) is 5.33. The monoisotopic (exact) mass is 455 g/mol. The van der Waals surface area contributed by atoms with Crippen molar-refractivity contribution in [2.75, 3.05) is 18.4 Å². The Labute approximate surface area is 189 Å². The number of nitrogens with one attached hydrogen (secondary N) is 2. The second-order valence-electron chi connectivity index (χ2n) is 7.52. The Bertz CT molecular complexity index is 1080. The first kappa shape index (κ1) is 21.5. The van der Waals surface area contributed by atoms with E-state index in [1.54, 1.807) is 16.2 Å². The van der Waals surface area contributed by atoms with Gasteiger partial charge in [-0.05, 0) is 32.8 Å². The van der Waals surface area contributed by atoms with Gasteiger partial charge in [-0.15, -0.1) is 22.7 Å². The van der Waals surface area contributed by atoms with Gasteiger partial charge in [0, 0.05) is 24.4 Å². The summed E-state index contributed by atoms with van der Waals surface area (Å²) >= 11 is 2.98. The number of urea groups is 1. The van der Waals surface area contributed by atoms with Gasteiger partial charge in [0.2, 0.25) is 5.91 Å². The molecule has 0 spiro atoms. The summed E-state index contributed by atoms with van der Waals surface area (Å²) in [4.78, 5) is 37.5. The number of aryl methyl sites for hydroxylation is 2. The summed E-state index contributed by atoms with van der Waals surface area (Å²) in [6, 6.07) is 9.28. The summed E-state index contributed by atoms with van der Waals surface area (Å²) in [5.74, 6) is -0.0861. The number of aromatic nitrogens is 2. The zero-order valence-corrected chi connectivity index (χ0v) is 19.3. The minimum Gasteiger partial charge on any atom is -0.338 e. The van der Waals surface area contributed by atoms with Gasteiger partial charge in [0.15, 0.2) is 5.13 Å². The molecule has 2 aromatic heterocycles. The lowest BCUT2D eigenvalue weighted by Crippen LogP contribution is -2.47. The molecule has 9 heteroatoms. The van der Waals surface area contributed by atoms with Crippen LogP contribution in [0, 0.1) is 13.8 Å². The van der Waals surface area contributed by atoms with E-state index in [2.05, 4.69) is 20.6 Å². The van der Waals surface area contributed by atoms with Gasteiger partial charge >= 0.3 is 6.03 Å². The van der Waals surface area contributed by atoms with Crippen molar-refractivity contribution in [2.45, 2.75) is 39.2 Å². The summed E-state index contributed by atoms with van der Waals surface area (Å²) in [6.07, 6.45) is 0.582. The average molecular weight is 456 g/mol. The lowest BCUT2D eigenvalue weighted by Gasteiger charge is -2.23. The Kier molecular flexibility index (Phi) is 6.33. The summed E-state index contributed by atoms with van der Waals surface area (Å²) in [6.45, 7) is 6.83. The third kappa shape index (κ3) is 4.62. The molecular weight excluding hydrogens is 430 g/mol. The van der Waals surface area contributed by atoms with E-state index in [0.717, 1.165) is 26.8 Å². The van der Waals surface area contributed by atoms with Crippen molar-refractivity contribution in [3.8, 4) is 10.6 Å². The minimum atomic E-state index is -0.545. The van der Waals surface area contributed by atoms with Crippen molar-refractivity contribution < 1.29 is 9.59 Å². The van der Waals surface area contributed by atoms with Crippen LogP contribution >= 0.6 is 22.7 Å². The molecule has 0 bridgehead atoms. The van der Waals surface area contributed by atoms with E-state index in [9.17, 15) is 9.59 Å². The van der Waals surface area contributed by atoms with Gasteiger partial charge in [-0.2, -0.15) is 0 Å². The highest BCUT2D eigenvalue weighted by Crippen LogP contribution is 2.34. The Hall–Kier alpha value is -2.78. The predicted molar refractivity (Wildman–Crippen MR) is 125 cm³/mol. The molecule has 0 radical (unpaired) electrons.